The molecule has 1 atom stereocenters. The molecule has 1 aliphatic carbocycles. The first kappa shape index (κ1) is 13.1. The van der Waals surface area contributed by atoms with Gasteiger partial charge in [0.15, 0.2) is 0 Å². The van der Waals surface area contributed by atoms with E-state index >= 15 is 0 Å². The van der Waals surface area contributed by atoms with Crippen LogP contribution in [-0.4, -0.2) is 37.5 Å². The molecule has 1 saturated heterocycles. The van der Waals surface area contributed by atoms with E-state index in [-0.39, 0.29) is 11.6 Å². The van der Waals surface area contributed by atoms with Crippen LogP contribution in [-0.2, 0) is 14.8 Å². The molecule has 0 N–H and O–H groups in total. The molecule has 1 saturated carbocycles. The van der Waals surface area contributed by atoms with E-state index < -0.39 is 10.0 Å². The van der Waals surface area contributed by atoms with Crippen molar-refractivity contribution in [1.29, 1.82) is 0 Å². The van der Waals surface area contributed by atoms with Gasteiger partial charge in [-0.15, -0.1) is 0 Å². The van der Waals surface area contributed by atoms with Crippen LogP contribution in [0.2, 0.25) is 0 Å². The summed E-state index contributed by atoms with van der Waals surface area (Å²) in [6.45, 7) is 4.84. The van der Waals surface area contributed by atoms with Crippen LogP contribution in [0.4, 0.5) is 0 Å². The van der Waals surface area contributed by atoms with E-state index in [1.54, 1.807) is 16.4 Å². The first-order chi connectivity index (χ1) is 8.93. The van der Waals surface area contributed by atoms with Gasteiger partial charge in [-0.25, -0.2) is 8.42 Å². The van der Waals surface area contributed by atoms with Crippen LogP contribution in [0.15, 0.2) is 29.2 Å². The molecule has 19 heavy (non-hydrogen) atoms. The largest absolute Gasteiger partial charge is 0.372 e. The summed E-state index contributed by atoms with van der Waals surface area (Å²) in [4.78, 5) is 0.377. The van der Waals surface area contributed by atoms with Gasteiger partial charge in [0.1, 0.15) is 0 Å². The maximum Gasteiger partial charge on any atom is 0.243 e. The number of ether oxygens (including phenoxy) is 1. The molecule has 2 fully saturated rings. The summed E-state index contributed by atoms with van der Waals surface area (Å²) in [6, 6.07) is 6.95. The van der Waals surface area contributed by atoms with Gasteiger partial charge in [0, 0.05) is 12.6 Å². The minimum absolute atomic E-state index is 0.0995. The Morgan fingerprint density at radius 1 is 1.26 bits per heavy atom. The van der Waals surface area contributed by atoms with Gasteiger partial charge in [0.2, 0.25) is 10.0 Å². The van der Waals surface area contributed by atoms with E-state index in [1.165, 1.54) is 0 Å². The van der Waals surface area contributed by atoms with Crippen molar-refractivity contribution in [3.05, 3.63) is 29.8 Å². The normalized spacial score (nSPS) is 26.5. The van der Waals surface area contributed by atoms with Crippen molar-refractivity contribution in [3.63, 3.8) is 0 Å². The summed E-state index contributed by atoms with van der Waals surface area (Å²) in [5.41, 5.74) is 0.872. The van der Waals surface area contributed by atoms with Gasteiger partial charge < -0.3 is 4.74 Å². The lowest BCUT2D eigenvalue weighted by Gasteiger charge is -2.37. The first-order valence-electron chi connectivity index (χ1n) is 6.65. The van der Waals surface area contributed by atoms with Crippen LogP contribution in [0.5, 0.6) is 0 Å². The number of benzene rings is 1. The van der Waals surface area contributed by atoms with Crippen LogP contribution in [0.1, 0.15) is 25.3 Å². The van der Waals surface area contributed by atoms with Crippen LogP contribution in [0.3, 0.4) is 0 Å². The second kappa shape index (κ2) is 4.30. The Morgan fingerprint density at radius 2 is 1.89 bits per heavy atom. The van der Waals surface area contributed by atoms with Gasteiger partial charge in [0.25, 0.3) is 0 Å². The molecule has 0 amide bonds. The molecule has 0 radical (unpaired) electrons. The number of morpholine rings is 1. The molecule has 0 aromatic heterocycles. The van der Waals surface area contributed by atoms with Crippen molar-refractivity contribution in [1.82, 2.24) is 4.31 Å². The molecular formula is C14H19NO3S. The highest BCUT2D eigenvalue weighted by molar-refractivity contribution is 7.89. The minimum Gasteiger partial charge on any atom is -0.372 e. The van der Waals surface area contributed by atoms with Crippen LogP contribution < -0.4 is 0 Å². The third-order valence-corrected chi connectivity index (χ3v) is 5.98. The lowest BCUT2D eigenvalue weighted by atomic mass is 10.2. The highest BCUT2D eigenvalue weighted by Crippen LogP contribution is 2.44. The molecule has 0 unspecified atom stereocenters. The molecule has 1 aromatic rings. The zero-order chi connectivity index (χ0) is 13.7. The van der Waals surface area contributed by atoms with Crippen LogP contribution in [0, 0.1) is 6.92 Å². The predicted octanol–water partition coefficient (Wildman–Crippen LogP) is 1.94. The summed E-state index contributed by atoms with van der Waals surface area (Å²) in [5, 5.41) is 0. The predicted molar refractivity (Wildman–Crippen MR) is 72.4 cm³/mol. The number of sulfonamides is 1. The summed E-state index contributed by atoms with van der Waals surface area (Å²) >= 11 is 0. The standard InChI is InChI=1S/C14H19NO3S/c1-11-3-5-13(6-4-11)19(16,17)15-10-14(7-8-14)18-9-12(15)2/h3-6,12H,7-10H2,1-2H3/t12-/m0/s1. The van der Waals surface area contributed by atoms with Gasteiger partial charge in [-0.3, -0.25) is 0 Å². The monoisotopic (exact) mass is 281 g/mol. The lowest BCUT2D eigenvalue weighted by Crippen LogP contribution is -2.51. The van der Waals surface area contributed by atoms with Crippen molar-refractivity contribution in [3.8, 4) is 0 Å². The highest BCUT2D eigenvalue weighted by Gasteiger charge is 2.51. The Kier molecular flexibility index (Phi) is 2.96. The molecule has 104 valence electrons. The second-order valence-corrected chi connectivity index (χ2v) is 7.60. The summed E-state index contributed by atoms with van der Waals surface area (Å²) in [5.74, 6) is 0. The highest BCUT2D eigenvalue weighted by atomic mass is 32.2. The van der Waals surface area contributed by atoms with Gasteiger partial charge >= 0.3 is 0 Å². The van der Waals surface area contributed by atoms with E-state index in [2.05, 4.69) is 0 Å². The number of hydrogen-bond donors (Lipinski definition) is 0. The molecule has 1 aromatic carbocycles. The molecule has 1 spiro atoms. The maximum absolute atomic E-state index is 12.7. The van der Waals surface area contributed by atoms with Gasteiger partial charge in [-0.1, -0.05) is 17.7 Å². The van der Waals surface area contributed by atoms with Gasteiger partial charge in [-0.05, 0) is 38.8 Å². The summed E-state index contributed by atoms with van der Waals surface area (Å²) in [7, 11) is -3.41. The lowest BCUT2D eigenvalue weighted by molar-refractivity contribution is -0.0448. The minimum atomic E-state index is -3.41. The first-order valence-corrected chi connectivity index (χ1v) is 8.09. The van der Waals surface area contributed by atoms with E-state index in [0.717, 1.165) is 18.4 Å². The molecule has 4 nitrogen and oxygen atoms in total. The summed E-state index contributed by atoms with van der Waals surface area (Å²) < 4.78 is 32.8. The fourth-order valence-corrected chi connectivity index (χ4v) is 4.17. The zero-order valence-corrected chi connectivity index (χ0v) is 12.1. The zero-order valence-electron chi connectivity index (χ0n) is 11.3. The summed E-state index contributed by atoms with van der Waals surface area (Å²) in [6.07, 6.45) is 1.94. The third kappa shape index (κ3) is 2.30. The van der Waals surface area contributed by atoms with Gasteiger partial charge in [0.05, 0.1) is 17.1 Å². The number of rotatable bonds is 2. The Morgan fingerprint density at radius 3 is 2.47 bits per heavy atom. The van der Waals surface area contributed by atoms with Gasteiger partial charge in [-0.2, -0.15) is 4.31 Å². The maximum atomic E-state index is 12.7. The fourth-order valence-electron chi connectivity index (χ4n) is 2.48. The van der Waals surface area contributed by atoms with Crippen molar-refractivity contribution >= 4 is 10.0 Å². The van der Waals surface area contributed by atoms with E-state index in [9.17, 15) is 8.42 Å². The average Bonchev–Trinajstić information content (AvgIpc) is 3.13. The fraction of sp³-hybridized carbons (Fsp3) is 0.571. The SMILES string of the molecule is Cc1ccc(S(=O)(=O)N2CC3(CC3)OC[C@@H]2C)cc1. The van der Waals surface area contributed by atoms with E-state index in [1.807, 2.05) is 26.0 Å². The van der Waals surface area contributed by atoms with E-state index in [4.69, 9.17) is 4.74 Å². The van der Waals surface area contributed by atoms with Crippen molar-refractivity contribution < 1.29 is 13.2 Å². The smallest absolute Gasteiger partial charge is 0.243 e. The topological polar surface area (TPSA) is 46.6 Å². The number of hydrogen-bond acceptors (Lipinski definition) is 3. The molecule has 3 rings (SSSR count). The van der Waals surface area contributed by atoms with Crippen molar-refractivity contribution in [2.45, 2.75) is 43.2 Å². The molecule has 1 heterocycles. The molecule has 5 heteroatoms. The molecular weight excluding hydrogens is 262 g/mol. The molecule has 2 aliphatic rings. The van der Waals surface area contributed by atoms with Crippen LogP contribution in [0.25, 0.3) is 0 Å². The number of nitrogens with zero attached hydrogens (tertiary/aromatic N) is 1. The Balaban J connectivity index is 1.92. The Bertz CT molecular complexity index is 575. The average molecular weight is 281 g/mol. The van der Waals surface area contributed by atoms with E-state index in [0.29, 0.717) is 18.0 Å². The molecule has 1 aliphatic heterocycles. The Labute approximate surface area is 114 Å². The Hall–Kier alpha value is -0.910. The third-order valence-electron chi connectivity index (χ3n) is 4.00. The number of aryl methyl sites for hydroxylation is 1. The van der Waals surface area contributed by atoms with Crippen molar-refractivity contribution in [2.75, 3.05) is 13.2 Å². The van der Waals surface area contributed by atoms with Crippen LogP contribution >= 0.6 is 0 Å². The van der Waals surface area contributed by atoms with Crippen molar-refractivity contribution in [2.24, 2.45) is 0 Å². The quantitative estimate of drug-likeness (QED) is 0.832. The second-order valence-electron chi connectivity index (χ2n) is 5.71. The molecule has 0 bridgehead atoms.